The summed E-state index contributed by atoms with van der Waals surface area (Å²) in [5.74, 6) is 0.821. The fourth-order valence-corrected chi connectivity index (χ4v) is 4.15. The van der Waals surface area contributed by atoms with Crippen molar-refractivity contribution in [3.63, 3.8) is 0 Å². The van der Waals surface area contributed by atoms with E-state index in [1.54, 1.807) is 38.2 Å². The van der Waals surface area contributed by atoms with Gasteiger partial charge in [0.2, 0.25) is 15.9 Å². The second-order valence-electron chi connectivity index (χ2n) is 7.48. The minimum Gasteiger partial charge on any atom is -0.356 e. The smallest absolute Gasteiger partial charge is 0.238 e. The number of nitrogens with one attached hydrogen (secondary N) is 2. The molecule has 1 saturated carbocycles. The Bertz CT molecular complexity index is 797. The average Bonchev–Trinajstić information content (AvgIpc) is 3.13. The maximum Gasteiger partial charge on any atom is 0.238 e. The van der Waals surface area contributed by atoms with Crippen LogP contribution in [0, 0.1) is 5.41 Å². The van der Waals surface area contributed by atoms with Gasteiger partial charge in [0.15, 0.2) is 5.96 Å². The molecule has 0 saturated heterocycles. The van der Waals surface area contributed by atoms with E-state index in [9.17, 15) is 13.2 Å². The number of carbonyl (C=O) groups is 1. The maximum atomic E-state index is 12.6. The fraction of sp³-hybridized carbons (Fsp3) is 0.579. The lowest BCUT2D eigenvalue weighted by Crippen LogP contribution is -2.49. The van der Waals surface area contributed by atoms with Crippen molar-refractivity contribution < 1.29 is 13.2 Å². The molecule has 1 aromatic rings. The van der Waals surface area contributed by atoms with Crippen LogP contribution in [0.15, 0.2) is 34.2 Å². The predicted octanol–water partition coefficient (Wildman–Crippen LogP) is 0.690. The summed E-state index contributed by atoms with van der Waals surface area (Å²) in [6, 6.07) is 6.52. The molecule has 9 heteroatoms. The number of nitrogens with two attached hydrogens (primary N) is 1. The van der Waals surface area contributed by atoms with Crippen LogP contribution in [-0.4, -0.2) is 59.4 Å². The van der Waals surface area contributed by atoms with E-state index in [-0.39, 0.29) is 16.2 Å². The van der Waals surface area contributed by atoms with Gasteiger partial charge in [-0.15, -0.1) is 0 Å². The third-order valence-corrected chi connectivity index (χ3v) is 6.13. The molecule has 156 valence electrons. The topological polar surface area (TPSA) is 117 Å². The lowest BCUT2D eigenvalue weighted by molar-refractivity contribution is -0.138. The maximum absolute atomic E-state index is 12.6. The molecule has 0 aromatic heterocycles. The monoisotopic (exact) mass is 409 g/mol. The first-order valence-corrected chi connectivity index (χ1v) is 11.0. The number of hydrogen-bond acceptors (Lipinski definition) is 4. The van der Waals surface area contributed by atoms with Crippen LogP contribution in [-0.2, 0) is 21.2 Å². The van der Waals surface area contributed by atoms with E-state index in [4.69, 9.17) is 5.14 Å². The zero-order chi connectivity index (χ0) is 20.8. The average molecular weight is 410 g/mol. The van der Waals surface area contributed by atoms with Gasteiger partial charge in [-0.3, -0.25) is 9.79 Å². The lowest BCUT2D eigenvalue weighted by Gasteiger charge is -2.31. The molecule has 0 unspecified atom stereocenters. The van der Waals surface area contributed by atoms with Gasteiger partial charge in [-0.2, -0.15) is 0 Å². The van der Waals surface area contributed by atoms with Gasteiger partial charge in [-0.05, 0) is 37.0 Å². The Morgan fingerprint density at radius 1 is 1.18 bits per heavy atom. The summed E-state index contributed by atoms with van der Waals surface area (Å²) in [4.78, 5) is 18.7. The molecule has 0 radical (unpaired) electrons. The summed E-state index contributed by atoms with van der Waals surface area (Å²) in [5, 5.41) is 11.7. The Morgan fingerprint density at radius 3 is 2.29 bits per heavy atom. The number of carbonyl (C=O) groups excluding carboxylic acids is 1. The first-order valence-electron chi connectivity index (χ1n) is 9.46. The number of benzene rings is 1. The second-order valence-corrected chi connectivity index (χ2v) is 9.04. The molecule has 0 heterocycles. The number of guanidine groups is 1. The fourth-order valence-electron chi connectivity index (χ4n) is 3.64. The third-order valence-electron chi connectivity index (χ3n) is 5.20. The summed E-state index contributed by atoms with van der Waals surface area (Å²) < 4.78 is 22.6. The Hall–Kier alpha value is -2.13. The number of nitrogens with zero attached hydrogens (tertiary/aromatic N) is 2. The van der Waals surface area contributed by atoms with Gasteiger partial charge in [0.05, 0.1) is 10.3 Å². The van der Waals surface area contributed by atoms with Crippen LogP contribution in [0.5, 0.6) is 0 Å². The number of aliphatic imine (C=N–C) groups is 1. The molecule has 2 rings (SSSR count). The van der Waals surface area contributed by atoms with Crippen LogP contribution in [0.25, 0.3) is 0 Å². The summed E-state index contributed by atoms with van der Waals surface area (Å²) in [7, 11) is 1.64. The van der Waals surface area contributed by atoms with Crippen LogP contribution >= 0.6 is 0 Å². The molecule has 0 atom stereocenters. The van der Waals surface area contributed by atoms with Crippen LogP contribution < -0.4 is 15.8 Å². The van der Waals surface area contributed by atoms with Crippen molar-refractivity contribution >= 4 is 21.9 Å². The van der Waals surface area contributed by atoms with Crippen molar-refractivity contribution in [3.8, 4) is 0 Å². The first kappa shape index (κ1) is 22.2. The molecule has 28 heavy (non-hydrogen) atoms. The number of hydrogen-bond donors (Lipinski definition) is 3. The van der Waals surface area contributed by atoms with Gasteiger partial charge in [-0.1, -0.05) is 25.0 Å². The normalized spacial score (nSPS) is 16.6. The summed E-state index contributed by atoms with van der Waals surface area (Å²) in [6.07, 6.45) is 4.63. The third kappa shape index (κ3) is 5.68. The SMILES string of the molecule is CN=C(NCCc1ccc(S(N)(=O)=O)cc1)NCC1(C(=O)N(C)C)CCCC1. The van der Waals surface area contributed by atoms with Crippen LogP contribution in [0.3, 0.4) is 0 Å². The van der Waals surface area contributed by atoms with E-state index >= 15 is 0 Å². The van der Waals surface area contributed by atoms with E-state index in [0.29, 0.717) is 25.5 Å². The van der Waals surface area contributed by atoms with E-state index < -0.39 is 10.0 Å². The molecule has 4 N–H and O–H groups in total. The quantitative estimate of drug-likeness (QED) is 0.452. The summed E-state index contributed by atoms with van der Waals surface area (Å²) in [6.45, 7) is 1.19. The van der Waals surface area contributed by atoms with Gasteiger partial charge >= 0.3 is 0 Å². The number of amides is 1. The molecule has 1 amide bonds. The number of rotatable bonds is 7. The summed E-state index contributed by atoms with van der Waals surface area (Å²) >= 11 is 0. The van der Waals surface area contributed by atoms with Crippen molar-refractivity contribution in [2.75, 3.05) is 34.2 Å². The molecule has 1 aromatic carbocycles. The molecule has 0 aliphatic heterocycles. The highest BCUT2D eigenvalue weighted by molar-refractivity contribution is 7.89. The lowest BCUT2D eigenvalue weighted by atomic mass is 9.84. The van der Waals surface area contributed by atoms with Gasteiger partial charge in [0.1, 0.15) is 0 Å². The minimum atomic E-state index is -3.67. The standard InChI is InChI=1S/C19H31N5O3S/c1-21-18(23-14-19(11-4-5-12-19)17(25)24(2)3)22-13-10-15-6-8-16(9-7-15)28(20,26)27/h6-9H,4-5,10-14H2,1-3H3,(H2,20,26,27)(H2,21,22,23). The first-order chi connectivity index (χ1) is 13.2. The van der Waals surface area contributed by atoms with Crippen molar-refractivity contribution in [1.82, 2.24) is 15.5 Å². The van der Waals surface area contributed by atoms with Crippen molar-refractivity contribution in [3.05, 3.63) is 29.8 Å². The molecule has 1 fully saturated rings. The highest BCUT2D eigenvalue weighted by Crippen LogP contribution is 2.38. The van der Waals surface area contributed by atoms with E-state index in [2.05, 4.69) is 15.6 Å². The van der Waals surface area contributed by atoms with Crippen molar-refractivity contribution in [1.29, 1.82) is 0 Å². The second kappa shape index (κ2) is 9.38. The van der Waals surface area contributed by atoms with Crippen molar-refractivity contribution in [2.45, 2.75) is 37.0 Å². The highest BCUT2D eigenvalue weighted by Gasteiger charge is 2.42. The molecule has 0 spiro atoms. The number of primary sulfonamides is 1. The molecular weight excluding hydrogens is 378 g/mol. The Kier molecular flexibility index (Phi) is 7.42. The van der Waals surface area contributed by atoms with Gasteiger partial charge < -0.3 is 15.5 Å². The molecule has 0 bridgehead atoms. The van der Waals surface area contributed by atoms with Gasteiger partial charge in [-0.25, -0.2) is 13.6 Å². The predicted molar refractivity (Wildman–Crippen MR) is 110 cm³/mol. The molecule has 1 aliphatic rings. The van der Waals surface area contributed by atoms with Crippen LogP contribution in [0.2, 0.25) is 0 Å². The zero-order valence-corrected chi connectivity index (χ0v) is 17.7. The Morgan fingerprint density at radius 2 is 1.79 bits per heavy atom. The van der Waals surface area contributed by atoms with Crippen LogP contribution in [0.4, 0.5) is 0 Å². The Balaban J connectivity index is 1.87. The zero-order valence-electron chi connectivity index (χ0n) is 16.9. The summed E-state index contributed by atoms with van der Waals surface area (Å²) in [5.41, 5.74) is 0.635. The van der Waals surface area contributed by atoms with Crippen molar-refractivity contribution in [2.24, 2.45) is 15.5 Å². The van der Waals surface area contributed by atoms with E-state index in [1.165, 1.54) is 12.1 Å². The van der Waals surface area contributed by atoms with Gasteiger partial charge in [0.25, 0.3) is 0 Å². The highest BCUT2D eigenvalue weighted by atomic mass is 32.2. The molecule has 8 nitrogen and oxygen atoms in total. The van der Waals surface area contributed by atoms with Crippen LogP contribution in [0.1, 0.15) is 31.2 Å². The van der Waals surface area contributed by atoms with E-state index in [0.717, 1.165) is 31.2 Å². The van der Waals surface area contributed by atoms with E-state index in [1.807, 2.05) is 0 Å². The van der Waals surface area contributed by atoms with Gasteiger partial charge in [0, 0.05) is 34.2 Å². The number of sulfonamides is 1. The molecule has 1 aliphatic carbocycles. The minimum absolute atomic E-state index is 0.106. The Labute approximate surface area is 167 Å². The molecular formula is C19H31N5O3S. The largest absolute Gasteiger partial charge is 0.356 e.